The average Bonchev–Trinajstić information content (AvgIpc) is 2.89. The first-order valence-electron chi connectivity index (χ1n) is 6.24. The van der Waals surface area contributed by atoms with Gasteiger partial charge in [-0.1, -0.05) is 30.5 Å². The summed E-state index contributed by atoms with van der Waals surface area (Å²) in [5.41, 5.74) is 0.746. The normalized spacial score (nSPS) is 17.4. The van der Waals surface area contributed by atoms with Gasteiger partial charge in [-0.05, 0) is 25.0 Å². The molecule has 2 rings (SSSR count). The van der Waals surface area contributed by atoms with Crippen LogP contribution in [-0.4, -0.2) is 13.2 Å². The van der Waals surface area contributed by atoms with Crippen LogP contribution in [0.2, 0.25) is 5.02 Å². The van der Waals surface area contributed by atoms with Crippen LogP contribution in [0, 0.1) is 11.3 Å². The number of ether oxygens (including phenoxy) is 1. The molecule has 0 radical (unpaired) electrons. The number of halogens is 1. The lowest BCUT2D eigenvalue weighted by Crippen LogP contribution is -2.30. The second-order valence-corrected chi connectivity index (χ2v) is 4.97. The molecule has 0 spiro atoms. The number of hydrogen-bond acceptors (Lipinski definition) is 3. The van der Waals surface area contributed by atoms with Gasteiger partial charge in [0.05, 0.1) is 18.2 Å². The summed E-state index contributed by atoms with van der Waals surface area (Å²) in [6.45, 7) is 0. The molecule has 4 heteroatoms. The van der Waals surface area contributed by atoms with Crippen molar-refractivity contribution in [2.24, 2.45) is 0 Å². The summed E-state index contributed by atoms with van der Waals surface area (Å²) >= 11 is 6.20. The lowest BCUT2D eigenvalue weighted by Gasteiger charge is -2.20. The summed E-state index contributed by atoms with van der Waals surface area (Å²) in [4.78, 5) is 0. The maximum Gasteiger partial charge on any atom is 0.126 e. The van der Waals surface area contributed by atoms with Crippen molar-refractivity contribution in [3.63, 3.8) is 0 Å². The molecular weight excluding hydrogens is 248 g/mol. The first-order chi connectivity index (χ1) is 8.76. The molecule has 1 N–H and O–H groups in total. The highest BCUT2D eigenvalue weighted by Gasteiger charge is 2.24. The first kappa shape index (κ1) is 13.2. The Bertz CT molecular complexity index is 450. The molecule has 1 saturated carbocycles. The minimum Gasteiger partial charge on any atom is -0.496 e. The predicted molar refractivity (Wildman–Crippen MR) is 71.7 cm³/mol. The number of methoxy groups -OCH3 is 1. The Balaban J connectivity index is 2.24. The second kappa shape index (κ2) is 6.08. The molecule has 1 atom stereocenters. The molecule has 0 saturated heterocycles. The monoisotopic (exact) mass is 264 g/mol. The van der Waals surface area contributed by atoms with Crippen LogP contribution in [-0.2, 0) is 0 Å². The number of nitriles is 1. The zero-order valence-corrected chi connectivity index (χ0v) is 11.2. The van der Waals surface area contributed by atoms with E-state index in [9.17, 15) is 5.26 Å². The van der Waals surface area contributed by atoms with Crippen LogP contribution in [0.25, 0.3) is 0 Å². The molecule has 0 amide bonds. The summed E-state index contributed by atoms with van der Waals surface area (Å²) in [6, 6.07) is 7.75. The smallest absolute Gasteiger partial charge is 0.126 e. The molecule has 1 aliphatic carbocycles. The van der Waals surface area contributed by atoms with Gasteiger partial charge >= 0.3 is 0 Å². The SMILES string of the molecule is COc1cccc(Cl)c1C(C#N)NC1CCCC1. The van der Waals surface area contributed by atoms with E-state index < -0.39 is 6.04 Å². The molecular formula is C14H17ClN2O. The van der Waals surface area contributed by atoms with E-state index >= 15 is 0 Å². The van der Waals surface area contributed by atoms with Crippen LogP contribution in [0.1, 0.15) is 37.3 Å². The Morgan fingerprint density at radius 3 is 2.78 bits per heavy atom. The number of benzene rings is 1. The Morgan fingerprint density at radius 2 is 2.17 bits per heavy atom. The lowest BCUT2D eigenvalue weighted by molar-refractivity contribution is 0.400. The fourth-order valence-corrected chi connectivity index (χ4v) is 2.76. The third kappa shape index (κ3) is 2.77. The van der Waals surface area contributed by atoms with Gasteiger partial charge in [0.1, 0.15) is 11.8 Å². The molecule has 1 aliphatic rings. The van der Waals surface area contributed by atoms with Gasteiger partial charge < -0.3 is 4.74 Å². The van der Waals surface area contributed by atoms with E-state index in [4.69, 9.17) is 16.3 Å². The highest BCUT2D eigenvalue weighted by molar-refractivity contribution is 6.31. The first-order valence-corrected chi connectivity index (χ1v) is 6.62. The van der Waals surface area contributed by atoms with Crippen LogP contribution in [0.3, 0.4) is 0 Å². The van der Waals surface area contributed by atoms with E-state index in [0.29, 0.717) is 16.8 Å². The summed E-state index contributed by atoms with van der Waals surface area (Å²) in [7, 11) is 1.60. The predicted octanol–water partition coefficient (Wildman–Crippen LogP) is 3.45. The second-order valence-electron chi connectivity index (χ2n) is 4.57. The Labute approximate surface area is 113 Å². The molecule has 3 nitrogen and oxygen atoms in total. The number of nitrogens with one attached hydrogen (secondary N) is 1. The van der Waals surface area contributed by atoms with Crippen LogP contribution >= 0.6 is 11.6 Å². The van der Waals surface area contributed by atoms with Crippen LogP contribution in [0.5, 0.6) is 5.75 Å². The summed E-state index contributed by atoms with van der Waals surface area (Å²) in [6.07, 6.45) is 4.72. The van der Waals surface area contributed by atoms with E-state index in [1.807, 2.05) is 12.1 Å². The molecule has 96 valence electrons. The third-order valence-electron chi connectivity index (χ3n) is 3.41. The van der Waals surface area contributed by atoms with Crippen molar-refractivity contribution in [2.45, 2.75) is 37.8 Å². The van der Waals surface area contributed by atoms with Gasteiger partial charge in [0.25, 0.3) is 0 Å². The van der Waals surface area contributed by atoms with E-state index in [2.05, 4.69) is 11.4 Å². The van der Waals surface area contributed by atoms with Gasteiger partial charge in [0.2, 0.25) is 0 Å². The minimum atomic E-state index is -0.406. The maximum absolute atomic E-state index is 9.36. The molecule has 1 aromatic carbocycles. The zero-order chi connectivity index (χ0) is 13.0. The fourth-order valence-electron chi connectivity index (χ4n) is 2.49. The molecule has 0 bridgehead atoms. The molecule has 0 aromatic heterocycles. The van der Waals surface area contributed by atoms with E-state index in [-0.39, 0.29) is 0 Å². The van der Waals surface area contributed by atoms with Crippen molar-refractivity contribution in [3.8, 4) is 11.8 Å². The molecule has 1 unspecified atom stereocenters. The van der Waals surface area contributed by atoms with E-state index in [1.54, 1.807) is 13.2 Å². The third-order valence-corrected chi connectivity index (χ3v) is 3.74. The van der Waals surface area contributed by atoms with E-state index in [1.165, 1.54) is 12.8 Å². The van der Waals surface area contributed by atoms with Gasteiger partial charge in [-0.3, -0.25) is 5.32 Å². The van der Waals surface area contributed by atoms with Crippen molar-refractivity contribution in [3.05, 3.63) is 28.8 Å². The lowest BCUT2D eigenvalue weighted by atomic mass is 10.0. The van der Waals surface area contributed by atoms with E-state index in [0.717, 1.165) is 18.4 Å². The molecule has 0 aliphatic heterocycles. The summed E-state index contributed by atoms with van der Waals surface area (Å²) in [5, 5.41) is 13.3. The summed E-state index contributed by atoms with van der Waals surface area (Å²) < 4.78 is 5.30. The average molecular weight is 265 g/mol. The Morgan fingerprint density at radius 1 is 1.44 bits per heavy atom. The van der Waals surface area contributed by atoms with Crippen molar-refractivity contribution >= 4 is 11.6 Å². The van der Waals surface area contributed by atoms with Gasteiger partial charge in [-0.25, -0.2) is 0 Å². The van der Waals surface area contributed by atoms with Gasteiger partial charge in [0.15, 0.2) is 0 Å². The van der Waals surface area contributed by atoms with Crippen LogP contribution in [0.4, 0.5) is 0 Å². The zero-order valence-electron chi connectivity index (χ0n) is 10.4. The van der Waals surface area contributed by atoms with Crippen molar-refractivity contribution in [2.75, 3.05) is 7.11 Å². The van der Waals surface area contributed by atoms with Crippen molar-refractivity contribution in [1.29, 1.82) is 5.26 Å². The maximum atomic E-state index is 9.36. The summed E-state index contributed by atoms with van der Waals surface area (Å²) in [5.74, 6) is 0.666. The minimum absolute atomic E-state index is 0.406. The highest BCUT2D eigenvalue weighted by atomic mass is 35.5. The number of nitrogens with zero attached hydrogens (tertiary/aromatic N) is 1. The van der Waals surface area contributed by atoms with Crippen LogP contribution < -0.4 is 10.1 Å². The standard InChI is InChI=1S/C14H17ClN2O/c1-18-13-8-4-7-11(15)14(13)12(9-16)17-10-5-2-3-6-10/h4,7-8,10,12,17H,2-3,5-6H2,1H3. The number of hydrogen-bond donors (Lipinski definition) is 1. The molecule has 0 heterocycles. The largest absolute Gasteiger partial charge is 0.496 e. The quantitative estimate of drug-likeness (QED) is 0.906. The van der Waals surface area contributed by atoms with Crippen molar-refractivity contribution < 1.29 is 4.74 Å². The Kier molecular flexibility index (Phi) is 4.46. The molecule has 1 aromatic rings. The molecule has 18 heavy (non-hydrogen) atoms. The van der Waals surface area contributed by atoms with Gasteiger partial charge in [-0.2, -0.15) is 5.26 Å². The topological polar surface area (TPSA) is 45.0 Å². The highest BCUT2D eigenvalue weighted by Crippen LogP contribution is 2.33. The Hall–Kier alpha value is -1.24. The molecule has 1 fully saturated rings. The fraction of sp³-hybridized carbons (Fsp3) is 0.500. The van der Waals surface area contributed by atoms with Gasteiger partial charge in [-0.15, -0.1) is 0 Å². The van der Waals surface area contributed by atoms with Crippen molar-refractivity contribution in [1.82, 2.24) is 5.32 Å². The number of rotatable bonds is 4. The van der Waals surface area contributed by atoms with Crippen LogP contribution in [0.15, 0.2) is 18.2 Å². The van der Waals surface area contributed by atoms with Gasteiger partial charge in [0, 0.05) is 11.6 Å².